The number of thioether (sulfide) groups is 1. The van der Waals surface area contributed by atoms with Gasteiger partial charge in [0.25, 0.3) is 0 Å². The Morgan fingerprint density at radius 2 is 1.49 bits per heavy atom. The molecule has 208 valence electrons. The van der Waals surface area contributed by atoms with Crippen molar-refractivity contribution in [3.05, 3.63) is 123 Å². The first-order chi connectivity index (χ1) is 20.1. The molecular formula is C33H30BrClN4OS. The number of halogens is 2. The molecule has 2 heterocycles. The molecule has 0 aliphatic carbocycles. The predicted octanol–water partition coefficient (Wildman–Crippen LogP) is 8.26. The first-order valence-electron chi connectivity index (χ1n) is 13.6. The third-order valence-corrected chi connectivity index (χ3v) is 9.16. The van der Waals surface area contributed by atoms with Crippen molar-refractivity contribution in [2.45, 2.75) is 16.8 Å². The van der Waals surface area contributed by atoms with Gasteiger partial charge in [-0.2, -0.15) is 0 Å². The van der Waals surface area contributed by atoms with Gasteiger partial charge in [0.15, 0.2) is 5.82 Å². The maximum absolute atomic E-state index is 6.24. The highest BCUT2D eigenvalue weighted by Gasteiger charge is 2.28. The summed E-state index contributed by atoms with van der Waals surface area (Å²) in [7, 11) is 1.71. The van der Waals surface area contributed by atoms with Gasteiger partial charge >= 0.3 is 0 Å². The molecule has 5 aromatic rings. The Labute approximate surface area is 258 Å². The zero-order chi connectivity index (χ0) is 28.2. The average Bonchev–Trinajstić information content (AvgIpc) is 3.01. The Morgan fingerprint density at radius 1 is 0.829 bits per heavy atom. The highest BCUT2D eigenvalue weighted by atomic mass is 79.9. The molecule has 1 aliphatic heterocycles. The molecule has 0 amide bonds. The minimum absolute atomic E-state index is 0.163. The number of ether oxygens (including phenoxy) is 1. The lowest BCUT2D eigenvalue weighted by Crippen LogP contribution is -2.48. The summed E-state index contributed by atoms with van der Waals surface area (Å²) in [5.74, 6) is 2.55. The van der Waals surface area contributed by atoms with Gasteiger partial charge in [-0.1, -0.05) is 93.9 Å². The largest absolute Gasteiger partial charge is 0.496 e. The number of anilines is 1. The SMILES string of the molecule is COc1ccc(Br)cc1CSc1nc2ccccc2nc1N1CCN(C(c2ccccc2)c2ccc(Cl)cc2)CC1. The number of piperazine rings is 1. The van der Waals surface area contributed by atoms with Crippen molar-refractivity contribution in [3.8, 4) is 5.75 Å². The minimum Gasteiger partial charge on any atom is -0.496 e. The van der Waals surface area contributed by atoms with Crippen LogP contribution < -0.4 is 9.64 Å². The number of para-hydroxylation sites is 2. The lowest BCUT2D eigenvalue weighted by Gasteiger charge is -2.40. The van der Waals surface area contributed by atoms with Gasteiger partial charge in [-0.05, 0) is 53.6 Å². The second-order valence-electron chi connectivity index (χ2n) is 9.97. The fourth-order valence-electron chi connectivity index (χ4n) is 5.37. The Kier molecular flexibility index (Phi) is 8.77. The van der Waals surface area contributed by atoms with E-state index in [1.807, 2.05) is 48.5 Å². The molecule has 0 saturated carbocycles. The number of nitrogens with zero attached hydrogens (tertiary/aromatic N) is 4. The summed E-state index contributed by atoms with van der Waals surface area (Å²) >= 11 is 11.5. The molecule has 1 unspecified atom stereocenters. The van der Waals surface area contributed by atoms with E-state index >= 15 is 0 Å². The summed E-state index contributed by atoms with van der Waals surface area (Å²) in [6, 6.07) is 33.4. The number of hydrogen-bond acceptors (Lipinski definition) is 6. The van der Waals surface area contributed by atoms with Gasteiger partial charge in [-0.25, -0.2) is 9.97 Å². The zero-order valence-electron chi connectivity index (χ0n) is 22.7. The van der Waals surface area contributed by atoms with E-state index < -0.39 is 0 Å². The van der Waals surface area contributed by atoms with Crippen molar-refractivity contribution in [3.63, 3.8) is 0 Å². The van der Waals surface area contributed by atoms with Gasteiger partial charge in [0.2, 0.25) is 0 Å². The third-order valence-electron chi connectivity index (χ3n) is 7.41. The number of rotatable bonds is 8. The maximum atomic E-state index is 6.24. The zero-order valence-corrected chi connectivity index (χ0v) is 25.9. The van der Waals surface area contributed by atoms with E-state index in [2.05, 4.69) is 74.3 Å². The van der Waals surface area contributed by atoms with Crippen molar-refractivity contribution >= 4 is 56.1 Å². The summed E-state index contributed by atoms with van der Waals surface area (Å²) in [6.45, 7) is 3.52. The fourth-order valence-corrected chi connectivity index (χ4v) is 6.89. The number of benzene rings is 4. The van der Waals surface area contributed by atoms with Gasteiger partial charge < -0.3 is 9.64 Å². The Bertz CT molecular complexity index is 1630. The molecule has 0 N–H and O–H groups in total. The second-order valence-corrected chi connectivity index (χ2v) is 12.3. The van der Waals surface area contributed by atoms with Crippen molar-refractivity contribution in [1.82, 2.24) is 14.9 Å². The van der Waals surface area contributed by atoms with Gasteiger partial charge in [0, 0.05) is 47.0 Å². The lowest BCUT2D eigenvalue weighted by atomic mass is 9.96. The normalized spacial score (nSPS) is 14.8. The minimum atomic E-state index is 0.163. The van der Waals surface area contributed by atoms with E-state index in [9.17, 15) is 0 Å². The summed E-state index contributed by atoms with van der Waals surface area (Å²) in [5, 5.41) is 1.70. The van der Waals surface area contributed by atoms with Gasteiger partial charge in [0.05, 0.1) is 24.2 Å². The number of methoxy groups -OCH3 is 1. The molecule has 0 radical (unpaired) electrons. The fraction of sp³-hybridized carbons (Fsp3) is 0.212. The summed E-state index contributed by atoms with van der Waals surface area (Å²) in [6.07, 6.45) is 0. The topological polar surface area (TPSA) is 41.5 Å². The van der Waals surface area contributed by atoms with E-state index in [0.717, 1.165) is 74.6 Å². The van der Waals surface area contributed by atoms with Crippen LogP contribution in [0.2, 0.25) is 5.02 Å². The van der Waals surface area contributed by atoms with Crippen molar-refractivity contribution < 1.29 is 4.74 Å². The molecule has 5 nitrogen and oxygen atoms in total. The highest BCUT2D eigenvalue weighted by molar-refractivity contribution is 9.10. The molecule has 1 aromatic heterocycles. The van der Waals surface area contributed by atoms with Crippen LogP contribution in [0.5, 0.6) is 5.75 Å². The van der Waals surface area contributed by atoms with Gasteiger partial charge in [-0.15, -0.1) is 0 Å². The lowest BCUT2D eigenvalue weighted by molar-refractivity contribution is 0.211. The van der Waals surface area contributed by atoms with Crippen LogP contribution in [0.25, 0.3) is 11.0 Å². The smallest absolute Gasteiger partial charge is 0.162 e. The van der Waals surface area contributed by atoms with E-state index in [0.29, 0.717) is 0 Å². The molecule has 8 heteroatoms. The molecule has 1 saturated heterocycles. The average molecular weight is 646 g/mol. The molecule has 0 spiro atoms. The monoisotopic (exact) mass is 644 g/mol. The van der Waals surface area contributed by atoms with Crippen LogP contribution in [0.1, 0.15) is 22.7 Å². The van der Waals surface area contributed by atoms with E-state index in [-0.39, 0.29) is 6.04 Å². The number of fused-ring (bicyclic) bond motifs is 1. The molecule has 1 atom stereocenters. The number of hydrogen-bond donors (Lipinski definition) is 0. The standard InChI is InChI=1S/C33H30BrClN4OS/c1-40-30-16-13-26(34)21-25(30)22-41-33-32(36-28-9-5-6-10-29(28)37-33)39-19-17-38(18-20-39)31(23-7-3-2-4-8-23)24-11-14-27(35)15-12-24/h2-16,21,31H,17-20,22H2,1H3. The molecule has 4 aromatic carbocycles. The highest BCUT2D eigenvalue weighted by Crippen LogP contribution is 2.36. The van der Waals surface area contributed by atoms with Crippen LogP contribution in [-0.4, -0.2) is 48.2 Å². The first-order valence-corrected chi connectivity index (χ1v) is 15.8. The molecule has 0 bridgehead atoms. The molecule has 41 heavy (non-hydrogen) atoms. The van der Waals surface area contributed by atoms with Crippen LogP contribution in [0.4, 0.5) is 5.82 Å². The van der Waals surface area contributed by atoms with Crippen molar-refractivity contribution in [2.75, 3.05) is 38.2 Å². The van der Waals surface area contributed by atoms with Gasteiger partial charge in [-0.3, -0.25) is 4.90 Å². The molecule has 6 rings (SSSR count). The maximum Gasteiger partial charge on any atom is 0.162 e. The second kappa shape index (κ2) is 12.8. The Morgan fingerprint density at radius 3 is 2.20 bits per heavy atom. The van der Waals surface area contributed by atoms with Gasteiger partial charge in [0.1, 0.15) is 10.8 Å². The van der Waals surface area contributed by atoms with Crippen molar-refractivity contribution in [2.24, 2.45) is 0 Å². The third kappa shape index (κ3) is 6.38. The quantitative estimate of drug-likeness (QED) is 0.158. The van der Waals surface area contributed by atoms with Crippen LogP contribution >= 0.6 is 39.3 Å². The molecule has 1 aliphatic rings. The van der Waals surface area contributed by atoms with Crippen molar-refractivity contribution in [1.29, 1.82) is 0 Å². The number of aromatic nitrogens is 2. The molecule has 1 fully saturated rings. The predicted molar refractivity (Wildman–Crippen MR) is 173 cm³/mol. The van der Waals surface area contributed by atoms with E-state index in [1.165, 1.54) is 11.1 Å². The Hall–Kier alpha value is -3.10. The van der Waals surface area contributed by atoms with Crippen LogP contribution in [0, 0.1) is 0 Å². The van der Waals surface area contributed by atoms with Crippen LogP contribution in [-0.2, 0) is 5.75 Å². The van der Waals surface area contributed by atoms with E-state index in [4.69, 9.17) is 26.3 Å². The summed E-state index contributed by atoms with van der Waals surface area (Å²) < 4.78 is 6.66. The first kappa shape index (κ1) is 28.0. The van der Waals surface area contributed by atoms with Crippen LogP contribution in [0.15, 0.2) is 107 Å². The van der Waals surface area contributed by atoms with Crippen LogP contribution in [0.3, 0.4) is 0 Å². The Balaban J connectivity index is 1.27. The summed E-state index contributed by atoms with van der Waals surface area (Å²) in [5.41, 5.74) is 5.47. The molecular weight excluding hydrogens is 616 g/mol. The van der Waals surface area contributed by atoms with E-state index in [1.54, 1.807) is 18.9 Å². The summed E-state index contributed by atoms with van der Waals surface area (Å²) in [4.78, 5) is 15.2.